The van der Waals surface area contributed by atoms with E-state index in [1.807, 2.05) is 5.38 Å². The molecule has 0 amide bonds. The van der Waals surface area contributed by atoms with E-state index in [1.165, 1.54) is 23.3 Å². The standard InChI is InChI=1S/C11H13F3N2S/c1-16(8-11(12,13)14)6-10-5-9(7-17-10)3-2-4-15/h5,7H,4,6,8,15H2,1H3. The highest BCUT2D eigenvalue weighted by molar-refractivity contribution is 7.10. The predicted molar refractivity (Wildman–Crippen MR) is 62.6 cm³/mol. The minimum absolute atomic E-state index is 0.272. The van der Waals surface area contributed by atoms with E-state index in [0.717, 1.165) is 10.4 Å². The third-order valence-electron chi connectivity index (χ3n) is 1.86. The molecule has 2 N–H and O–H groups in total. The Kier molecular flexibility index (Phi) is 5.00. The monoisotopic (exact) mass is 262 g/mol. The van der Waals surface area contributed by atoms with E-state index in [-0.39, 0.29) is 13.1 Å². The third kappa shape index (κ3) is 5.73. The van der Waals surface area contributed by atoms with Crippen LogP contribution >= 0.6 is 11.3 Å². The molecule has 0 fully saturated rings. The molecule has 0 aliphatic carbocycles. The molecule has 0 spiro atoms. The van der Waals surface area contributed by atoms with Crippen molar-refractivity contribution in [2.75, 3.05) is 20.1 Å². The second-order valence-electron chi connectivity index (χ2n) is 3.60. The maximum Gasteiger partial charge on any atom is 0.401 e. The van der Waals surface area contributed by atoms with Crippen molar-refractivity contribution in [1.82, 2.24) is 4.90 Å². The van der Waals surface area contributed by atoms with E-state index in [0.29, 0.717) is 0 Å². The number of thiophene rings is 1. The third-order valence-corrected chi connectivity index (χ3v) is 2.78. The van der Waals surface area contributed by atoms with Crippen molar-refractivity contribution in [3.63, 3.8) is 0 Å². The highest BCUT2D eigenvalue weighted by Crippen LogP contribution is 2.19. The minimum Gasteiger partial charge on any atom is -0.320 e. The van der Waals surface area contributed by atoms with Gasteiger partial charge in [0.2, 0.25) is 0 Å². The number of nitrogens with zero attached hydrogens (tertiary/aromatic N) is 1. The van der Waals surface area contributed by atoms with E-state index in [2.05, 4.69) is 11.8 Å². The number of hydrogen-bond acceptors (Lipinski definition) is 3. The maximum absolute atomic E-state index is 12.1. The van der Waals surface area contributed by atoms with Crippen LogP contribution in [0, 0.1) is 11.8 Å². The molecular weight excluding hydrogens is 249 g/mol. The molecule has 1 aromatic rings. The first kappa shape index (κ1) is 14.0. The molecule has 0 bridgehead atoms. The molecule has 0 radical (unpaired) electrons. The Morgan fingerprint density at radius 2 is 2.18 bits per heavy atom. The summed E-state index contributed by atoms with van der Waals surface area (Å²) in [5, 5.41) is 1.82. The summed E-state index contributed by atoms with van der Waals surface area (Å²) < 4.78 is 36.3. The van der Waals surface area contributed by atoms with Crippen LogP contribution in [0.2, 0.25) is 0 Å². The van der Waals surface area contributed by atoms with E-state index in [4.69, 9.17) is 5.73 Å². The molecule has 94 valence electrons. The first-order chi connectivity index (χ1) is 7.90. The zero-order chi connectivity index (χ0) is 12.9. The van der Waals surface area contributed by atoms with Crippen LogP contribution in [0.3, 0.4) is 0 Å². The SMILES string of the molecule is CN(Cc1cc(C#CCN)cs1)CC(F)(F)F. The predicted octanol–water partition coefficient (Wildman–Crippen LogP) is 2.05. The van der Waals surface area contributed by atoms with E-state index < -0.39 is 12.7 Å². The van der Waals surface area contributed by atoms with Gasteiger partial charge in [-0.25, -0.2) is 0 Å². The maximum atomic E-state index is 12.1. The second-order valence-corrected chi connectivity index (χ2v) is 4.59. The van der Waals surface area contributed by atoms with Crippen LogP contribution < -0.4 is 5.73 Å². The van der Waals surface area contributed by atoms with Crippen molar-refractivity contribution in [2.45, 2.75) is 12.7 Å². The summed E-state index contributed by atoms with van der Waals surface area (Å²) in [7, 11) is 1.44. The Morgan fingerprint density at radius 1 is 1.47 bits per heavy atom. The van der Waals surface area contributed by atoms with Gasteiger partial charge in [0.25, 0.3) is 0 Å². The van der Waals surface area contributed by atoms with Crippen molar-refractivity contribution in [3.8, 4) is 11.8 Å². The smallest absolute Gasteiger partial charge is 0.320 e. The van der Waals surface area contributed by atoms with E-state index in [1.54, 1.807) is 6.07 Å². The topological polar surface area (TPSA) is 29.3 Å². The van der Waals surface area contributed by atoms with Gasteiger partial charge >= 0.3 is 6.18 Å². The highest BCUT2D eigenvalue weighted by atomic mass is 32.1. The number of rotatable bonds is 3. The van der Waals surface area contributed by atoms with Crippen LogP contribution in [-0.2, 0) is 6.54 Å². The number of hydrogen-bond donors (Lipinski definition) is 1. The van der Waals surface area contributed by atoms with Crippen LogP contribution in [-0.4, -0.2) is 31.2 Å². The summed E-state index contributed by atoms with van der Waals surface area (Å²) in [6.45, 7) is -0.359. The highest BCUT2D eigenvalue weighted by Gasteiger charge is 2.29. The zero-order valence-electron chi connectivity index (χ0n) is 9.34. The van der Waals surface area contributed by atoms with Gasteiger partial charge < -0.3 is 5.73 Å². The normalized spacial score (nSPS) is 11.4. The number of halogens is 3. The molecule has 1 heterocycles. The lowest BCUT2D eigenvalue weighted by Crippen LogP contribution is -2.30. The van der Waals surface area contributed by atoms with E-state index >= 15 is 0 Å². The van der Waals surface area contributed by atoms with Gasteiger partial charge in [-0.3, -0.25) is 4.90 Å². The van der Waals surface area contributed by atoms with Gasteiger partial charge in [-0.1, -0.05) is 11.8 Å². The van der Waals surface area contributed by atoms with Crippen molar-refractivity contribution in [2.24, 2.45) is 5.73 Å². The van der Waals surface area contributed by atoms with Crippen molar-refractivity contribution in [1.29, 1.82) is 0 Å². The molecule has 0 aliphatic heterocycles. The molecule has 1 rings (SSSR count). The van der Waals surface area contributed by atoms with Gasteiger partial charge in [0.05, 0.1) is 13.1 Å². The van der Waals surface area contributed by atoms with Crippen LogP contribution in [0.15, 0.2) is 11.4 Å². The first-order valence-electron chi connectivity index (χ1n) is 4.92. The fraction of sp³-hybridized carbons (Fsp3) is 0.455. The van der Waals surface area contributed by atoms with Crippen LogP contribution in [0.5, 0.6) is 0 Å². The van der Waals surface area contributed by atoms with Crippen LogP contribution in [0.4, 0.5) is 13.2 Å². The van der Waals surface area contributed by atoms with Crippen molar-refractivity contribution >= 4 is 11.3 Å². The molecule has 0 unspecified atom stereocenters. The van der Waals surface area contributed by atoms with Crippen LogP contribution in [0.25, 0.3) is 0 Å². The molecule has 0 saturated heterocycles. The lowest BCUT2D eigenvalue weighted by molar-refractivity contribution is -0.143. The van der Waals surface area contributed by atoms with Gasteiger partial charge in [0.15, 0.2) is 0 Å². The number of nitrogens with two attached hydrogens (primary N) is 1. The Labute approximate surface area is 102 Å². The zero-order valence-corrected chi connectivity index (χ0v) is 10.2. The molecule has 1 aromatic heterocycles. The van der Waals surface area contributed by atoms with Gasteiger partial charge in [-0.2, -0.15) is 13.2 Å². The van der Waals surface area contributed by atoms with E-state index in [9.17, 15) is 13.2 Å². The van der Waals surface area contributed by atoms with Crippen molar-refractivity contribution in [3.05, 3.63) is 21.9 Å². The van der Waals surface area contributed by atoms with Gasteiger partial charge in [-0.15, -0.1) is 11.3 Å². The summed E-state index contributed by atoms with van der Waals surface area (Å²) in [5.74, 6) is 5.54. The molecule has 0 aliphatic rings. The summed E-state index contributed by atoms with van der Waals surface area (Å²) in [6.07, 6.45) is -4.16. The summed E-state index contributed by atoms with van der Waals surface area (Å²) in [6, 6.07) is 1.79. The van der Waals surface area contributed by atoms with Gasteiger partial charge in [0.1, 0.15) is 0 Å². The molecular formula is C11H13F3N2S. The van der Waals surface area contributed by atoms with Gasteiger partial charge in [-0.05, 0) is 13.1 Å². The minimum atomic E-state index is -4.16. The Bertz CT molecular complexity index is 414. The lowest BCUT2D eigenvalue weighted by Gasteiger charge is -2.17. The van der Waals surface area contributed by atoms with Gasteiger partial charge in [0, 0.05) is 22.4 Å². The second kappa shape index (κ2) is 6.05. The fourth-order valence-electron chi connectivity index (χ4n) is 1.31. The summed E-state index contributed by atoms with van der Waals surface area (Å²) in [5.41, 5.74) is 6.03. The Hall–Kier alpha value is -1.03. The Balaban J connectivity index is 2.54. The number of alkyl halides is 3. The average molecular weight is 262 g/mol. The first-order valence-corrected chi connectivity index (χ1v) is 5.80. The largest absolute Gasteiger partial charge is 0.401 e. The fourth-order valence-corrected chi connectivity index (χ4v) is 2.21. The average Bonchev–Trinajstić information content (AvgIpc) is 2.59. The molecule has 17 heavy (non-hydrogen) atoms. The molecule has 2 nitrogen and oxygen atoms in total. The quantitative estimate of drug-likeness (QED) is 0.845. The molecule has 6 heteroatoms. The lowest BCUT2D eigenvalue weighted by atomic mass is 10.3. The summed E-state index contributed by atoms with van der Waals surface area (Å²) >= 11 is 1.40. The molecule has 0 aromatic carbocycles. The van der Waals surface area contributed by atoms with Crippen LogP contribution in [0.1, 0.15) is 10.4 Å². The molecule has 0 saturated carbocycles. The van der Waals surface area contributed by atoms with Crippen molar-refractivity contribution < 1.29 is 13.2 Å². The summed E-state index contributed by atoms with van der Waals surface area (Å²) in [4.78, 5) is 2.09. The Morgan fingerprint density at radius 3 is 2.76 bits per heavy atom. The molecule has 0 atom stereocenters.